The molecule has 6 nitrogen and oxygen atoms in total. The van der Waals surface area contributed by atoms with Crippen LogP contribution in [0.1, 0.15) is 19.3 Å². The van der Waals surface area contributed by atoms with Gasteiger partial charge in [0, 0.05) is 32.2 Å². The Morgan fingerprint density at radius 2 is 2.05 bits per heavy atom. The van der Waals surface area contributed by atoms with Crippen molar-refractivity contribution >= 4 is 11.8 Å². The third-order valence-corrected chi connectivity index (χ3v) is 4.43. The summed E-state index contributed by atoms with van der Waals surface area (Å²) in [7, 11) is 0. The predicted molar refractivity (Wildman–Crippen MR) is 70.6 cm³/mol. The molecule has 3 aliphatic heterocycles. The Kier molecular flexibility index (Phi) is 3.70. The maximum atomic E-state index is 12.5. The van der Waals surface area contributed by atoms with Gasteiger partial charge in [0.05, 0.1) is 6.54 Å². The summed E-state index contributed by atoms with van der Waals surface area (Å²) < 4.78 is 0. The highest BCUT2D eigenvalue weighted by atomic mass is 16.2. The minimum absolute atomic E-state index is 0.0260. The number of amides is 2. The molecule has 0 spiro atoms. The molecule has 2 amide bonds. The number of carbonyl (C=O) groups is 2. The minimum Gasteiger partial charge on any atom is -0.353 e. The second kappa shape index (κ2) is 5.46. The van der Waals surface area contributed by atoms with Gasteiger partial charge in [-0.3, -0.25) is 19.8 Å². The van der Waals surface area contributed by atoms with Crippen molar-refractivity contribution in [1.82, 2.24) is 20.4 Å². The van der Waals surface area contributed by atoms with Crippen LogP contribution in [0.4, 0.5) is 0 Å². The number of hydrogen-bond acceptors (Lipinski definition) is 4. The number of rotatable bonds is 1. The first-order chi connectivity index (χ1) is 9.24. The molecule has 3 heterocycles. The Morgan fingerprint density at radius 1 is 1.21 bits per heavy atom. The molecule has 0 aromatic rings. The van der Waals surface area contributed by atoms with Gasteiger partial charge in [0.1, 0.15) is 6.04 Å². The Morgan fingerprint density at radius 3 is 2.84 bits per heavy atom. The zero-order chi connectivity index (χ0) is 13.2. The Balaban J connectivity index is 1.61. The molecule has 2 N–H and O–H groups in total. The summed E-state index contributed by atoms with van der Waals surface area (Å²) in [5.41, 5.74) is 0. The topological polar surface area (TPSA) is 64.7 Å². The molecule has 0 aliphatic carbocycles. The molecular formula is C13H22N4O2. The van der Waals surface area contributed by atoms with Gasteiger partial charge in [0.2, 0.25) is 11.8 Å². The van der Waals surface area contributed by atoms with E-state index in [-0.39, 0.29) is 24.4 Å². The lowest BCUT2D eigenvalue weighted by Gasteiger charge is -2.31. The highest BCUT2D eigenvalue weighted by Crippen LogP contribution is 2.21. The molecule has 3 fully saturated rings. The SMILES string of the molecule is O=C1CNC(C(=O)N2CCCN3CCCC3C2)CN1. The van der Waals surface area contributed by atoms with Crippen molar-refractivity contribution < 1.29 is 9.59 Å². The lowest BCUT2D eigenvalue weighted by atomic mass is 10.1. The van der Waals surface area contributed by atoms with E-state index in [2.05, 4.69) is 15.5 Å². The number of nitrogens with zero attached hydrogens (tertiary/aromatic N) is 2. The fourth-order valence-corrected chi connectivity index (χ4v) is 3.37. The second-order valence-electron chi connectivity index (χ2n) is 5.71. The van der Waals surface area contributed by atoms with Crippen molar-refractivity contribution in [3.05, 3.63) is 0 Å². The molecule has 0 aromatic heterocycles. The quantitative estimate of drug-likeness (QED) is 0.624. The van der Waals surface area contributed by atoms with E-state index in [9.17, 15) is 9.59 Å². The molecule has 0 radical (unpaired) electrons. The minimum atomic E-state index is -0.245. The van der Waals surface area contributed by atoms with Crippen molar-refractivity contribution in [2.75, 3.05) is 39.3 Å². The smallest absolute Gasteiger partial charge is 0.241 e. The molecule has 2 unspecified atom stereocenters. The summed E-state index contributed by atoms with van der Waals surface area (Å²) in [5, 5.41) is 5.78. The van der Waals surface area contributed by atoms with Crippen LogP contribution in [0.15, 0.2) is 0 Å². The van der Waals surface area contributed by atoms with Crippen LogP contribution in [0, 0.1) is 0 Å². The largest absolute Gasteiger partial charge is 0.353 e. The van der Waals surface area contributed by atoms with E-state index < -0.39 is 0 Å². The van der Waals surface area contributed by atoms with E-state index in [1.807, 2.05) is 4.90 Å². The summed E-state index contributed by atoms with van der Waals surface area (Å²) in [6, 6.07) is 0.301. The monoisotopic (exact) mass is 266 g/mol. The summed E-state index contributed by atoms with van der Waals surface area (Å²) in [6.07, 6.45) is 3.52. The van der Waals surface area contributed by atoms with Crippen LogP contribution in [-0.2, 0) is 9.59 Å². The van der Waals surface area contributed by atoms with Crippen LogP contribution < -0.4 is 10.6 Å². The highest BCUT2D eigenvalue weighted by molar-refractivity contribution is 5.86. The van der Waals surface area contributed by atoms with Crippen molar-refractivity contribution in [1.29, 1.82) is 0 Å². The van der Waals surface area contributed by atoms with E-state index in [4.69, 9.17) is 0 Å². The first-order valence-electron chi connectivity index (χ1n) is 7.27. The fraction of sp³-hybridized carbons (Fsp3) is 0.846. The summed E-state index contributed by atoms with van der Waals surface area (Å²) in [5.74, 6) is 0.121. The Hall–Kier alpha value is -1.14. The van der Waals surface area contributed by atoms with Gasteiger partial charge in [-0.2, -0.15) is 0 Å². The Bertz CT molecular complexity index is 364. The van der Waals surface area contributed by atoms with E-state index in [0.717, 1.165) is 26.1 Å². The summed E-state index contributed by atoms with van der Waals surface area (Å²) in [4.78, 5) is 28.1. The molecule has 0 bridgehead atoms. The zero-order valence-electron chi connectivity index (χ0n) is 11.2. The van der Waals surface area contributed by atoms with Crippen molar-refractivity contribution in [2.24, 2.45) is 0 Å². The van der Waals surface area contributed by atoms with Gasteiger partial charge >= 0.3 is 0 Å². The number of carbonyl (C=O) groups excluding carboxylic acids is 2. The molecule has 0 aromatic carbocycles. The van der Waals surface area contributed by atoms with Gasteiger partial charge in [0.15, 0.2) is 0 Å². The van der Waals surface area contributed by atoms with E-state index in [1.54, 1.807) is 0 Å². The average molecular weight is 266 g/mol. The maximum Gasteiger partial charge on any atom is 0.241 e. The lowest BCUT2D eigenvalue weighted by molar-refractivity contribution is -0.135. The van der Waals surface area contributed by atoms with Crippen LogP contribution in [-0.4, -0.2) is 73.0 Å². The summed E-state index contributed by atoms with van der Waals surface area (Å²) >= 11 is 0. The van der Waals surface area contributed by atoms with Gasteiger partial charge in [-0.1, -0.05) is 0 Å². The van der Waals surface area contributed by atoms with Crippen molar-refractivity contribution in [2.45, 2.75) is 31.3 Å². The van der Waals surface area contributed by atoms with Crippen LogP contribution >= 0.6 is 0 Å². The molecule has 106 valence electrons. The van der Waals surface area contributed by atoms with Crippen molar-refractivity contribution in [3.8, 4) is 0 Å². The predicted octanol–water partition coefficient (Wildman–Crippen LogP) is -1.23. The normalized spacial score (nSPS) is 32.6. The molecule has 19 heavy (non-hydrogen) atoms. The summed E-state index contributed by atoms with van der Waals surface area (Å²) in [6.45, 7) is 4.67. The average Bonchev–Trinajstić information content (AvgIpc) is 2.76. The molecule has 0 saturated carbocycles. The zero-order valence-corrected chi connectivity index (χ0v) is 11.2. The third-order valence-electron chi connectivity index (χ3n) is 4.43. The van der Waals surface area contributed by atoms with Gasteiger partial charge in [-0.15, -0.1) is 0 Å². The highest BCUT2D eigenvalue weighted by Gasteiger charge is 2.33. The van der Waals surface area contributed by atoms with Crippen molar-refractivity contribution in [3.63, 3.8) is 0 Å². The Labute approximate surface area is 113 Å². The van der Waals surface area contributed by atoms with E-state index >= 15 is 0 Å². The first-order valence-corrected chi connectivity index (χ1v) is 7.27. The second-order valence-corrected chi connectivity index (χ2v) is 5.71. The van der Waals surface area contributed by atoms with Crippen LogP contribution in [0.5, 0.6) is 0 Å². The van der Waals surface area contributed by atoms with Gasteiger partial charge < -0.3 is 10.2 Å². The first kappa shape index (κ1) is 12.9. The third kappa shape index (κ3) is 2.74. The maximum absolute atomic E-state index is 12.5. The number of hydrogen-bond donors (Lipinski definition) is 2. The fourth-order valence-electron chi connectivity index (χ4n) is 3.37. The number of fused-ring (bicyclic) bond motifs is 1. The molecule has 6 heteroatoms. The molecule has 2 atom stereocenters. The van der Waals surface area contributed by atoms with Gasteiger partial charge in [0.25, 0.3) is 0 Å². The van der Waals surface area contributed by atoms with Gasteiger partial charge in [-0.25, -0.2) is 0 Å². The molecule has 3 aliphatic rings. The van der Waals surface area contributed by atoms with E-state index in [0.29, 0.717) is 12.6 Å². The van der Waals surface area contributed by atoms with Crippen LogP contribution in [0.25, 0.3) is 0 Å². The van der Waals surface area contributed by atoms with E-state index in [1.165, 1.54) is 19.4 Å². The van der Waals surface area contributed by atoms with Gasteiger partial charge in [-0.05, 0) is 25.8 Å². The standard InChI is InChI=1S/C13H22N4O2/c18-12-8-14-11(7-15-12)13(19)17-6-2-5-16-4-1-3-10(16)9-17/h10-11,14H,1-9H2,(H,15,18). The molecular weight excluding hydrogens is 244 g/mol. The molecule has 3 rings (SSSR count). The number of nitrogens with one attached hydrogen (secondary N) is 2. The van der Waals surface area contributed by atoms with Crippen LogP contribution in [0.2, 0.25) is 0 Å². The lowest BCUT2D eigenvalue weighted by Crippen LogP contribution is -2.59. The molecule has 3 saturated heterocycles. The van der Waals surface area contributed by atoms with Crippen LogP contribution in [0.3, 0.4) is 0 Å². The number of piperazine rings is 1.